The largest absolute Gasteiger partial charge is 0.391 e. The molecule has 0 bridgehead atoms. The summed E-state index contributed by atoms with van der Waals surface area (Å²) in [5.41, 5.74) is 8.83. The summed E-state index contributed by atoms with van der Waals surface area (Å²) in [7, 11) is 0. The van der Waals surface area contributed by atoms with Crippen LogP contribution in [-0.2, 0) is 6.54 Å². The Hall–Kier alpha value is -1.20. The number of β-amino-alcohol motifs (C(OH)–C–C–N with tert-alkyl or cyclic N) is 1. The van der Waals surface area contributed by atoms with Crippen molar-refractivity contribution in [3.05, 3.63) is 16.8 Å². The van der Waals surface area contributed by atoms with Gasteiger partial charge in [0, 0.05) is 25.2 Å². The van der Waals surface area contributed by atoms with Gasteiger partial charge in [0.05, 0.1) is 11.8 Å². The molecule has 1 aromatic heterocycles. The van der Waals surface area contributed by atoms with Gasteiger partial charge in [-0.25, -0.2) is 0 Å². The van der Waals surface area contributed by atoms with Gasteiger partial charge in [-0.2, -0.15) is 5.10 Å². The van der Waals surface area contributed by atoms with Crippen LogP contribution in [0, 0.1) is 13.8 Å². The molecular formula is C11H18N4O. The lowest BCUT2D eigenvalue weighted by Crippen LogP contribution is -2.25. The molecule has 2 rings (SSSR count). The number of aliphatic hydroxyl groups is 1. The average molecular weight is 222 g/mol. The Morgan fingerprint density at radius 3 is 2.75 bits per heavy atom. The molecule has 1 aliphatic heterocycles. The smallest absolute Gasteiger partial charge is 0.156 e. The van der Waals surface area contributed by atoms with Crippen LogP contribution >= 0.6 is 0 Å². The first-order chi connectivity index (χ1) is 7.63. The van der Waals surface area contributed by atoms with Gasteiger partial charge in [0.15, 0.2) is 5.82 Å². The molecule has 1 aromatic rings. The maximum atomic E-state index is 9.53. The van der Waals surface area contributed by atoms with Gasteiger partial charge in [0.1, 0.15) is 0 Å². The zero-order chi connectivity index (χ0) is 11.7. The van der Waals surface area contributed by atoms with Gasteiger partial charge in [-0.15, -0.1) is 5.10 Å². The fourth-order valence-corrected chi connectivity index (χ4v) is 2.08. The second-order valence-electron chi connectivity index (χ2n) is 4.31. The Kier molecular flexibility index (Phi) is 3.07. The van der Waals surface area contributed by atoms with E-state index in [2.05, 4.69) is 15.1 Å². The van der Waals surface area contributed by atoms with Crippen LogP contribution < -0.4 is 10.6 Å². The van der Waals surface area contributed by atoms with E-state index in [1.165, 1.54) is 0 Å². The van der Waals surface area contributed by atoms with Gasteiger partial charge < -0.3 is 15.7 Å². The Bertz CT molecular complexity index is 394. The summed E-state index contributed by atoms with van der Waals surface area (Å²) in [6, 6.07) is 0. The van der Waals surface area contributed by atoms with Crippen LogP contribution in [0.5, 0.6) is 0 Å². The molecule has 1 unspecified atom stereocenters. The number of anilines is 1. The minimum Gasteiger partial charge on any atom is -0.391 e. The standard InChI is InChI=1S/C11H18N4O/c1-7-8(2)13-14-11(10(7)5-12)15-4-3-9(16)6-15/h9,16H,3-6,12H2,1-2H3. The predicted molar refractivity (Wildman–Crippen MR) is 62.2 cm³/mol. The van der Waals surface area contributed by atoms with E-state index in [9.17, 15) is 5.11 Å². The van der Waals surface area contributed by atoms with Crippen LogP contribution in [0.1, 0.15) is 23.2 Å². The van der Waals surface area contributed by atoms with Crippen LogP contribution in [0.25, 0.3) is 0 Å². The molecule has 0 aliphatic carbocycles. The molecule has 0 amide bonds. The van der Waals surface area contributed by atoms with Gasteiger partial charge in [-0.1, -0.05) is 0 Å². The van der Waals surface area contributed by atoms with Crippen LogP contribution in [0.4, 0.5) is 5.82 Å². The van der Waals surface area contributed by atoms with Crippen LogP contribution in [-0.4, -0.2) is 34.5 Å². The number of rotatable bonds is 2. The first-order valence-electron chi connectivity index (χ1n) is 5.59. The van der Waals surface area contributed by atoms with Crippen molar-refractivity contribution in [1.29, 1.82) is 0 Å². The number of aliphatic hydroxyl groups excluding tert-OH is 1. The first-order valence-corrected chi connectivity index (χ1v) is 5.59. The molecule has 1 saturated heterocycles. The van der Waals surface area contributed by atoms with E-state index in [0.29, 0.717) is 13.1 Å². The summed E-state index contributed by atoms with van der Waals surface area (Å²) in [5, 5.41) is 17.9. The van der Waals surface area contributed by atoms with Crippen LogP contribution in [0.3, 0.4) is 0 Å². The maximum absolute atomic E-state index is 9.53. The molecule has 5 nitrogen and oxygen atoms in total. The minimum atomic E-state index is -0.256. The lowest BCUT2D eigenvalue weighted by Gasteiger charge is -2.20. The Morgan fingerprint density at radius 2 is 2.19 bits per heavy atom. The SMILES string of the molecule is Cc1nnc(N2CCC(O)C2)c(CN)c1C. The third kappa shape index (κ3) is 1.88. The van der Waals surface area contributed by atoms with E-state index in [0.717, 1.165) is 35.6 Å². The van der Waals surface area contributed by atoms with E-state index in [-0.39, 0.29) is 6.10 Å². The van der Waals surface area contributed by atoms with E-state index >= 15 is 0 Å². The van der Waals surface area contributed by atoms with Crippen molar-refractivity contribution in [3.63, 3.8) is 0 Å². The van der Waals surface area contributed by atoms with Crippen molar-refractivity contribution in [2.45, 2.75) is 32.9 Å². The van der Waals surface area contributed by atoms with E-state index in [1.807, 2.05) is 13.8 Å². The van der Waals surface area contributed by atoms with Crippen molar-refractivity contribution in [2.75, 3.05) is 18.0 Å². The van der Waals surface area contributed by atoms with E-state index in [1.54, 1.807) is 0 Å². The summed E-state index contributed by atoms with van der Waals surface area (Å²) in [6.07, 6.45) is 0.535. The van der Waals surface area contributed by atoms with Gasteiger partial charge in [0.25, 0.3) is 0 Å². The first kappa shape index (κ1) is 11.3. The molecule has 1 fully saturated rings. The normalized spacial score (nSPS) is 20.5. The lowest BCUT2D eigenvalue weighted by molar-refractivity contribution is 0.198. The molecule has 0 radical (unpaired) electrons. The van der Waals surface area contributed by atoms with Crippen LogP contribution in [0.2, 0.25) is 0 Å². The molecule has 88 valence electrons. The van der Waals surface area contributed by atoms with E-state index < -0.39 is 0 Å². The summed E-state index contributed by atoms with van der Waals surface area (Å²) in [4.78, 5) is 2.06. The molecule has 0 aromatic carbocycles. The zero-order valence-corrected chi connectivity index (χ0v) is 9.77. The molecule has 0 saturated carbocycles. The number of nitrogens with zero attached hydrogens (tertiary/aromatic N) is 3. The monoisotopic (exact) mass is 222 g/mol. The Morgan fingerprint density at radius 1 is 1.44 bits per heavy atom. The topological polar surface area (TPSA) is 75.3 Å². The number of hydrogen-bond acceptors (Lipinski definition) is 5. The molecule has 0 spiro atoms. The highest BCUT2D eigenvalue weighted by atomic mass is 16.3. The van der Waals surface area contributed by atoms with Gasteiger partial charge in [-0.3, -0.25) is 0 Å². The van der Waals surface area contributed by atoms with Gasteiger partial charge >= 0.3 is 0 Å². The molecule has 16 heavy (non-hydrogen) atoms. The highest BCUT2D eigenvalue weighted by molar-refractivity contribution is 5.51. The second-order valence-corrected chi connectivity index (χ2v) is 4.31. The number of aromatic nitrogens is 2. The van der Waals surface area contributed by atoms with Crippen molar-refractivity contribution in [3.8, 4) is 0 Å². The molecule has 1 aliphatic rings. The minimum absolute atomic E-state index is 0.256. The zero-order valence-electron chi connectivity index (χ0n) is 9.77. The fourth-order valence-electron chi connectivity index (χ4n) is 2.08. The highest BCUT2D eigenvalue weighted by Crippen LogP contribution is 2.24. The summed E-state index contributed by atoms with van der Waals surface area (Å²) < 4.78 is 0. The number of hydrogen-bond donors (Lipinski definition) is 2. The molecule has 2 heterocycles. The maximum Gasteiger partial charge on any atom is 0.156 e. The van der Waals surface area contributed by atoms with Crippen molar-refractivity contribution >= 4 is 5.82 Å². The Balaban J connectivity index is 2.37. The summed E-state index contributed by atoms with van der Waals surface area (Å²) in [6.45, 7) is 5.87. The fraction of sp³-hybridized carbons (Fsp3) is 0.636. The third-order valence-electron chi connectivity index (χ3n) is 3.23. The lowest BCUT2D eigenvalue weighted by atomic mass is 10.1. The van der Waals surface area contributed by atoms with Crippen molar-refractivity contribution < 1.29 is 5.11 Å². The van der Waals surface area contributed by atoms with Crippen molar-refractivity contribution in [2.24, 2.45) is 5.73 Å². The Labute approximate surface area is 95.3 Å². The summed E-state index contributed by atoms with van der Waals surface area (Å²) >= 11 is 0. The molecular weight excluding hydrogens is 204 g/mol. The predicted octanol–water partition coefficient (Wildman–Crippen LogP) is 0.123. The molecule has 3 N–H and O–H groups in total. The van der Waals surface area contributed by atoms with Crippen LogP contribution in [0.15, 0.2) is 0 Å². The van der Waals surface area contributed by atoms with Gasteiger partial charge in [0.2, 0.25) is 0 Å². The number of aryl methyl sites for hydroxylation is 1. The quantitative estimate of drug-likeness (QED) is 0.743. The summed E-state index contributed by atoms with van der Waals surface area (Å²) in [5.74, 6) is 0.835. The number of nitrogens with two attached hydrogens (primary N) is 1. The molecule has 1 atom stereocenters. The van der Waals surface area contributed by atoms with E-state index in [4.69, 9.17) is 5.73 Å². The highest BCUT2D eigenvalue weighted by Gasteiger charge is 2.24. The average Bonchev–Trinajstić information content (AvgIpc) is 2.68. The third-order valence-corrected chi connectivity index (χ3v) is 3.23. The molecule has 5 heteroatoms. The van der Waals surface area contributed by atoms with Gasteiger partial charge in [-0.05, 0) is 25.8 Å². The second kappa shape index (κ2) is 4.35. The van der Waals surface area contributed by atoms with Crippen molar-refractivity contribution in [1.82, 2.24) is 10.2 Å².